The Morgan fingerprint density at radius 3 is 1.77 bits per heavy atom. The zero-order valence-electron chi connectivity index (χ0n) is 40.6. The fourth-order valence-corrected chi connectivity index (χ4v) is 12.1. The summed E-state index contributed by atoms with van der Waals surface area (Å²) in [4.78, 5) is 5.26. The highest BCUT2D eigenvalue weighted by molar-refractivity contribution is 7.26. The van der Waals surface area contributed by atoms with Crippen LogP contribution in [-0.2, 0) is 16.2 Å². The first kappa shape index (κ1) is 42.3. The van der Waals surface area contributed by atoms with E-state index in [0.717, 1.165) is 22.1 Å². The Labute approximate surface area is 395 Å². The van der Waals surface area contributed by atoms with Crippen LogP contribution in [0, 0.1) is 20.8 Å². The van der Waals surface area contributed by atoms with Crippen LogP contribution in [0.5, 0.6) is 0 Å². The molecule has 0 spiro atoms. The van der Waals surface area contributed by atoms with Crippen LogP contribution in [0.1, 0.15) is 95.7 Å². The first-order chi connectivity index (χ1) is 31.4. The van der Waals surface area contributed by atoms with Crippen molar-refractivity contribution in [2.75, 3.05) is 9.80 Å². The molecule has 66 heavy (non-hydrogen) atoms. The standard InChI is InChI=1S/C61H59BN2OS/c1-36-29-42(60(7,8)9)30-37(2)56(36)64-51-23-18-22-50-55(51)62(54-46-33-41(59(4,5)6)26-28-53(46)66-58(54)64)48-32-40(47-35-65-52-24-17-16-21-44(47)52)25-27-49(48)63(50)57-38(3)31-43(61(10,11)12)34-45(57)39-19-14-13-15-20-39/h13-35H,1-12H3. The molecule has 0 saturated carbocycles. The second-order valence-corrected chi connectivity index (χ2v) is 23.1. The van der Waals surface area contributed by atoms with Crippen LogP contribution >= 0.6 is 11.3 Å². The molecule has 0 unspecified atom stereocenters. The van der Waals surface area contributed by atoms with E-state index in [-0.39, 0.29) is 23.0 Å². The lowest BCUT2D eigenvalue weighted by Gasteiger charge is -2.44. The molecule has 0 atom stereocenters. The summed E-state index contributed by atoms with van der Waals surface area (Å²) < 4.78 is 7.56. The Hall–Kier alpha value is -6.30. The Balaban J connectivity index is 1.28. The van der Waals surface area contributed by atoms with E-state index in [9.17, 15) is 0 Å². The minimum absolute atomic E-state index is 0.0161. The molecule has 11 rings (SSSR count). The Bertz CT molecular complexity index is 3400. The summed E-state index contributed by atoms with van der Waals surface area (Å²) in [5, 5.41) is 3.77. The molecule has 4 heterocycles. The molecule has 0 bridgehead atoms. The van der Waals surface area contributed by atoms with Gasteiger partial charge < -0.3 is 14.2 Å². The van der Waals surface area contributed by atoms with E-state index in [2.05, 4.69) is 226 Å². The van der Waals surface area contributed by atoms with Crippen molar-refractivity contribution in [3.8, 4) is 22.3 Å². The molecule has 2 aliphatic rings. The summed E-state index contributed by atoms with van der Waals surface area (Å²) in [5.74, 6) is 0. The van der Waals surface area contributed by atoms with Crippen molar-refractivity contribution < 1.29 is 4.42 Å². The highest BCUT2D eigenvalue weighted by Crippen LogP contribution is 2.52. The normalized spacial score (nSPS) is 13.7. The van der Waals surface area contributed by atoms with Gasteiger partial charge in [0.2, 0.25) is 0 Å². The van der Waals surface area contributed by atoms with Crippen LogP contribution < -0.4 is 26.2 Å². The van der Waals surface area contributed by atoms with Crippen LogP contribution in [-0.4, -0.2) is 6.71 Å². The van der Waals surface area contributed by atoms with E-state index >= 15 is 0 Å². The molecule has 9 aromatic rings. The lowest BCUT2D eigenvalue weighted by Crippen LogP contribution is -2.61. The minimum Gasteiger partial charge on any atom is -0.464 e. The lowest BCUT2D eigenvalue weighted by molar-refractivity contribution is 0.589. The average molecular weight is 879 g/mol. The fraction of sp³-hybridized carbons (Fsp3) is 0.246. The molecule has 328 valence electrons. The number of hydrogen-bond donors (Lipinski definition) is 0. The predicted molar refractivity (Wildman–Crippen MR) is 287 cm³/mol. The van der Waals surface area contributed by atoms with E-state index in [1.54, 1.807) is 0 Å². The van der Waals surface area contributed by atoms with Crippen LogP contribution in [0.4, 0.5) is 33.4 Å². The number of furan rings is 1. The van der Waals surface area contributed by atoms with Gasteiger partial charge in [-0.15, -0.1) is 11.3 Å². The Morgan fingerprint density at radius 2 is 1.09 bits per heavy atom. The largest absolute Gasteiger partial charge is 0.464 e. The molecule has 0 saturated heterocycles. The molecule has 3 nitrogen and oxygen atoms in total. The average Bonchev–Trinajstić information content (AvgIpc) is 3.88. The van der Waals surface area contributed by atoms with Crippen molar-refractivity contribution in [2.45, 2.75) is 99.3 Å². The highest BCUT2D eigenvalue weighted by Gasteiger charge is 2.46. The number of anilines is 6. The van der Waals surface area contributed by atoms with E-state index in [4.69, 9.17) is 4.42 Å². The lowest BCUT2D eigenvalue weighted by atomic mass is 9.33. The summed E-state index contributed by atoms with van der Waals surface area (Å²) >= 11 is 1.94. The van der Waals surface area contributed by atoms with Crippen molar-refractivity contribution in [2.24, 2.45) is 0 Å². The third-order valence-corrected chi connectivity index (χ3v) is 15.5. The van der Waals surface area contributed by atoms with Gasteiger partial charge in [-0.1, -0.05) is 159 Å². The van der Waals surface area contributed by atoms with Crippen molar-refractivity contribution >= 4 is 88.9 Å². The van der Waals surface area contributed by atoms with Gasteiger partial charge in [-0.3, -0.25) is 0 Å². The number of thiophene rings is 1. The quantitative estimate of drug-likeness (QED) is 0.164. The molecule has 0 N–H and O–H groups in total. The Morgan fingerprint density at radius 1 is 0.470 bits per heavy atom. The summed E-state index contributed by atoms with van der Waals surface area (Å²) in [6.07, 6.45) is 1.95. The van der Waals surface area contributed by atoms with Crippen molar-refractivity contribution in [3.63, 3.8) is 0 Å². The monoisotopic (exact) mass is 878 g/mol. The zero-order valence-corrected chi connectivity index (χ0v) is 41.4. The second-order valence-electron chi connectivity index (χ2n) is 22.0. The second kappa shape index (κ2) is 14.9. The van der Waals surface area contributed by atoms with Gasteiger partial charge in [-0.25, -0.2) is 0 Å². The van der Waals surface area contributed by atoms with Gasteiger partial charge in [-0.2, -0.15) is 0 Å². The van der Waals surface area contributed by atoms with Gasteiger partial charge in [0.05, 0.1) is 22.6 Å². The summed E-state index contributed by atoms with van der Waals surface area (Å²) in [6.45, 7) is 27.9. The van der Waals surface area contributed by atoms with E-state index in [1.165, 1.54) is 104 Å². The number of para-hydroxylation sites is 1. The van der Waals surface area contributed by atoms with Crippen molar-refractivity contribution in [3.05, 3.63) is 173 Å². The van der Waals surface area contributed by atoms with Gasteiger partial charge in [0.1, 0.15) is 5.58 Å². The van der Waals surface area contributed by atoms with E-state index in [0.29, 0.717) is 0 Å². The molecule has 2 aromatic heterocycles. The molecular formula is C61H59BN2OS. The van der Waals surface area contributed by atoms with Gasteiger partial charge in [-0.05, 0) is 140 Å². The molecule has 0 amide bonds. The first-order valence-corrected chi connectivity index (χ1v) is 24.4. The summed E-state index contributed by atoms with van der Waals surface area (Å²) in [5.41, 5.74) is 23.6. The molecule has 0 fully saturated rings. The number of benzene rings is 7. The minimum atomic E-state index is -0.0421. The van der Waals surface area contributed by atoms with Gasteiger partial charge in [0.25, 0.3) is 6.71 Å². The number of rotatable bonds is 4. The maximum atomic E-state index is 6.24. The van der Waals surface area contributed by atoms with Crippen LogP contribution in [0.15, 0.2) is 144 Å². The fourth-order valence-electron chi connectivity index (χ4n) is 10.8. The maximum Gasteiger partial charge on any atom is 0.254 e. The number of nitrogens with zero attached hydrogens (tertiary/aromatic N) is 2. The molecule has 5 heteroatoms. The van der Waals surface area contributed by atoms with Crippen molar-refractivity contribution in [1.29, 1.82) is 0 Å². The molecule has 0 aliphatic carbocycles. The molecular weight excluding hydrogens is 820 g/mol. The van der Waals surface area contributed by atoms with Crippen LogP contribution in [0.3, 0.4) is 0 Å². The number of fused-ring (bicyclic) bond motifs is 7. The highest BCUT2D eigenvalue weighted by atomic mass is 32.1. The smallest absolute Gasteiger partial charge is 0.254 e. The molecule has 7 aromatic carbocycles. The molecule has 2 aliphatic heterocycles. The van der Waals surface area contributed by atoms with Gasteiger partial charge in [0, 0.05) is 38.3 Å². The SMILES string of the molecule is Cc1cc(C(C)(C)C)cc(C)c1N1c2cccc3c2B(c2cc(-c4coc5ccccc45)ccc2N3c2c(C)cc(C(C)(C)C)cc2-c2ccccc2)c2c1sc1ccc(C(C)(C)C)cc21. The summed E-state index contributed by atoms with van der Waals surface area (Å²) in [6, 6.07) is 50.8. The number of hydrogen-bond acceptors (Lipinski definition) is 4. The van der Waals surface area contributed by atoms with Crippen LogP contribution in [0.25, 0.3) is 43.3 Å². The third kappa shape index (κ3) is 6.60. The topological polar surface area (TPSA) is 19.6 Å². The first-order valence-electron chi connectivity index (χ1n) is 23.6. The van der Waals surface area contributed by atoms with Gasteiger partial charge >= 0.3 is 0 Å². The predicted octanol–water partition coefficient (Wildman–Crippen LogP) is 15.9. The van der Waals surface area contributed by atoms with E-state index < -0.39 is 0 Å². The Kier molecular flexibility index (Phi) is 9.53. The summed E-state index contributed by atoms with van der Waals surface area (Å²) in [7, 11) is 0. The third-order valence-electron chi connectivity index (χ3n) is 14.3. The van der Waals surface area contributed by atoms with E-state index in [1.807, 2.05) is 17.6 Å². The van der Waals surface area contributed by atoms with Crippen LogP contribution in [0.2, 0.25) is 0 Å². The van der Waals surface area contributed by atoms with Gasteiger partial charge in [0.15, 0.2) is 0 Å². The van der Waals surface area contributed by atoms with Crippen molar-refractivity contribution in [1.82, 2.24) is 0 Å². The maximum absolute atomic E-state index is 6.24. The zero-order chi connectivity index (χ0) is 46.2. The molecule has 0 radical (unpaired) electrons. The number of aryl methyl sites for hydroxylation is 3.